The molecule has 0 atom stereocenters. The van der Waals surface area contributed by atoms with E-state index >= 15 is 0 Å². The number of carbonyl (C=O) groups excluding carboxylic acids is 1. The SMILES string of the molecule is O=C(c1ccc(F)cc1Cl)c1ccccc1CN1CCC1. The van der Waals surface area contributed by atoms with Crippen molar-refractivity contribution in [3.8, 4) is 0 Å². The van der Waals surface area contributed by atoms with Gasteiger partial charge >= 0.3 is 0 Å². The summed E-state index contributed by atoms with van der Waals surface area (Å²) < 4.78 is 13.1. The molecule has 1 aliphatic heterocycles. The van der Waals surface area contributed by atoms with Crippen LogP contribution in [-0.2, 0) is 6.54 Å². The lowest BCUT2D eigenvalue weighted by Gasteiger charge is -2.31. The zero-order valence-corrected chi connectivity index (χ0v) is 12.2. The van der Waals surface area contributed by atoms with Crippen LogP contribution in [0.15, 0.2) is 42.5 Å². The lowest BCUT2D eigenvalue weighted by atomic mass is 9.97. The number of likely N-dealkylation sites (tertiary alicyclic amines) is 1. The number of hydrogen-bond acceptors (Lipinski definition) is 2. The van der Waals surface area contributed by atoms with E-state index in [0.717, 1.165) is 25.2 Å². The Balaban J connectivity index is 1.93. The van der Waals surface area contributed by atoms with Gasteiger partial charge in [-0.15, -0.1) is 0 Å². The number of halogens is 2. The first-order valence-electron chi connectivity index (χ1n) is 6.95. The van der Waals surface area contributed by atoms with Crippen LogP contribution in [0.3, 0.4) is 0 Å². The Morgan fingerprint density at radius 2 is 1.90 bits per heavy atom. The van der Waals surface area contributed by atoms with E-state index in [0.29, 0.717) is 11.1 Å². The number of ketones is 1. The van der Waals surface area contributed by atoms with Crippen molar-refractivity contribution < 1.29 is 9.18 Å². The van der Waals surface area contributed by atoms with Gasteiger partial charge < -0.3 is 0 Å². The van der Waals surface area contributed by atoms with Crippen molar-refractivity contribution >= 4 is 17.4 Å². The molecule has 0 N–H and O–H groups in total. The predicted molar refractivity (Wildman–Crippen MR) is 81.2 cm³/mol. The van der Waals surface area contributed by atoms with Crippen molar-refractivity contribution in [1.82, 2.24) is 4.90 Å². The molecule has 1 aliphatic rings. The summed E-state index contributed by atoms with van der Waals surface area (Å²) >= 11 is 6.00. The minimum absolute atomic E-state index is 0.152. The number of hydrogen-bond donors (Lipinski definition) is 0. The molecule has 0 spiro atoms. The number of nitrogens with zero attached hydrogens (tertiary/aromatic N) is 1. The molecule has 0 bridgehead atoms. The van der Waals surface area contributed by atoms with E-state index in [9.17, 15) is 9.18 Å². The van der Waals surface area contributed by atoms with Gasteiger partial charge in [0, 0.05) is 17.7 Å². The standard InChI is InChI=1S/C17H15ClFNO/c18-16-10-13(19)6-7-15(16)17(21)14-5-2-1-4-12(14)11-20-8-3-9-20/h1-2,4-7,10H,3,8-9,11H2. The fraction of sp³-hybridized carbons (Fsp3) is 0.235. The van der Waals surface area contributed by atoms with Crippen LogP contribution in [0.1, 0.15) is 27.9 Å². The topological polar surface area (TPSA) is 20.3 Å². The van der Waals surface area contributed by atoms with Crippen molar-refractivity contribution in [3.05, 3.63) is 70.0 Å². The summed E-state index contributed by atoms with van der Waals surface area (Å²) in [7, 11) is 0. The molecule has 0 radical (unpaired) electrons. The van der Waals surface area contributed by atoms with Gasteiger partial charge in [0.1, 0.15) is 5.82 Å². The molecule has 3 rings (SSSR count). The minimum atomic E-state index is -0.439. The van der Waals surface area contributed by atoms with Gasteiger partial charge in [0.2, 0.25) is 0 Å². The van der Waals surface area contributed by atoms with E-state index in [1.54, 1.807) is 6.07 Å². The summed E-state index contributed by atoms with van der Waals surface area (Å²) in [5.41, 5.74) is 1.97. The van der Waals surface area contributed by atoms with Crippen LogP contribution in [0.2, 0.25) is 5.02 Å². The molecule has 21 heavy (non-hydrogen) atoms. The van der Waals surface area contributed by atoms with Crippen molar-refractivity contribution in [2.45, 2.75) is 13.0 Å². The largest absolute Gasteiger partial charge is 0.299 e. The van der Waals surface area contributed by atoms with Gasteiger partial charge in [-0.05, 0) is 43.3 Å². The Hall–Kier alpha value is -1.71. The average molecular weight is 304 g/mol. The van der Waals surface area contributed by atoms with Crippen LogP contribution < -0.4 is 0 Å². The monoisotopic (exact) mass is 303 g/mol. The van der Waals surface area contributed by atoms with Crippen molar-refractivity contribution in [2.75, 3.05) is 13.1 Å². The molecule has 2 aromatic rings. The van der Waals surface area contributed by atoms with Crippen LogP contribution in [0.4, 0.5) is 4.39 Å². The van der Waals surface area contributed by atoms with Crippen molar-refractivity contribution in [2.24, 2.45) is 0 Å². The van der Waals surface area contributed by atoms with E-state index in [1.807, 2.05) is 18.2 Å². The second-order valence-electron chi connectivity index (χ2n) is 5.24. The third-order valence-electron chi connectivity index (χ3n) is 3.78. The molecule has 0 amide bonds. The van der Waals surface area contributed by atoms with Crippen LogP contribution in [-0.4, -0.2) is 23.8 Å². The van der Waals surface area contributed by atoms with E-state index in [-0.39, 0.29) is 10.8 Å². The normalized spacial score (nSPS) is 14.8. The maximum absolute atomic E-state index is 13.1. The highest BCUT2D eigenvalue weighted by Crippen LogP contribution is 2.24. The van der Waals surface area contributed by atoms with Gasteiger partial charge in [-0.1, -0.05) is 35.9 Å². The van der Waals surface area contributed by atoms with Crippen molar-refractivity contribution in [1.29, 1.82) is 0 Å². The van der Waals surface area contributed by atoms with Gasteiger partial charge in [-0.25, -0.2) is 4.39 Å². The fourth-order valence-corrected chi connectivity index (χ4v) is 2.73. The second kappa shape index (κ2) is 5.96. The summed E-state index contributed by atoms with van der Waals surface area (Å²) in [4.78, 5) is 15.0. The Morgan fingerprint density at radius 1 is 1.14 bits per heavy atom. The molecule has 1 saturated heterocycles. The first kappa shape index (κ1) is 14.2. The molecule has 1 fully saturated rings. The summed E-state index contributed by atoms with van der Waals surface area (Å²) in [6, 6.07) is 11.4. The van der Waals surface area contributed by atoms with E-state index in [1.165, 1.54) is 24.6 Å². The molecular formula is C17H15ClFNO. The summed E-state index contributed by atoms with van der Waals surface area (Å²) in [5, 5.41) is 0.152. The molecule has 4 heteroatoms. The van der Waals surface area contributed by atoms with Gasteiger partial charge in [-0.3, -0.25) is 9.69 Å². The van der Waals surface area contributed by atoms with Crippen LogP contribution in [0.5, 0.6) is 0 Å². The van der Waals surface area contributed by atoms with Gasteiger partial charge in [-0.2, -0.15) is 0 Å². The van der Waals surface area contributed by atoms with E-state index < -0.39 is 5.82 Å². The van der Waals surface area contributed by atoms with E-state index in [4.69, 9.17) is 11.6 Å². The number of carbonyl (C=O) groups is 1. The smallest absolute Gasteiger partial charge is 0.194 e. The first-order chi connectivity index (χ1) is 10.1. The quantitative estimate of drug-likeness (QED) is 0.798. The Bertz CT molecular complexity index is 682. The highest BCUT2D eigenvalue weighted by molar-refractivity contribution is 6.35. The van der Waals surface area contributed by atoms with Gasteiger partial charge in [0.05, 0.1) is 5.02 Å². The molecular weight excluding hydrogens is 289 g/mol. The molecule has 2 aromatic carbocycles. The molecule has 2 nitrogen and oxygen atoms in total. The third kappa shape index (κ3) is 2.99. The second-order valence-corrected chi connectivity index (χ2v) is 5.65. The molecule has 108 valence electrons. The lowest BCUT2D eigenvalue weighted by Crippen LogP contribution is -2.36. The minimum Gasteiger partial charge on any atom is -0.299 e. The number of rotatable bonds is 4. The zero-order chi connectivity index (χ0) is 14.8. The molecule has 0 unspecified atom stereocenters. The average Bonchev–Trinajstić information content (AvgIpc) is 2.43. The van der Waals surface area contributed by atoms with Crippen molar-refractivity contribution in [3.63, 3.8) is 0 Å². The Morgan fingerprint density at radius 3 is 2.57 bits per heavy atom. The first-order valence-corrected chi connectivity index (χ1v) is 7.33. The lowest BCUT2D eigenvalue weighted by molar-refractivity contribution is 0.103. The maximum atomic E-state index is 13.1. The third-order valence-corrected chi connectivity index (χ3v) is 4.09. The highest BCUT2D eigenvalue weighted by Gasteiger charge is 2.20. The fourth-order valence-electron chi connectivity index (χ4n) is 2.48. The van der Waals surface area contributed by atoms with Crippen LogP contribution in [0.25, 0.3) is 0 Å². The summed E-state index contributed by atoms with van der Waals surface area (Å²) in [6.45, 7) is 2.90. The van der Waals surface area contributed by atoms with Gasteiger partial charge in [0.25, 0.3) is 0 Å². The highest BCUT2D eigenvalue weighted by atomic mass is 35.5. The zero-order valence-electron chi connectivity index (χ0n) is 11.5. The maximum Gasteiger partial charge on any atom is 0.194 e. The summed E-state index contributed by atoms with van der Waals surface area (Å²) in [5.74, 6) is -0.596. The summed E-state index contributed by atoms with van der Waals surface area (Å²) in [6.07, 6.45) is 1.21. The Labute approximate surface area is 128 Å². The van der Waals surface area contributed by atoms with Crippen LogP contribution in [0, 0.1) is 5.82 Å². The van der Waals surface area contributed by atoms with E-state index in [2.05, 4.69) is 4.90 Å². The van der Waals surface area contributed by atoms with Crippen LogP contribution >= 0.6 is 11.6 Å². The Kier molecular flexibility index (Phi) is 4.04. The predicted octanol–water partition coefficient (Wildman–Crippen LogP) is 3.92. The molecule has 0 saturated carbocycles. The molecule has 0 aromatic heterocycles. The molecule has 1 heterocycles. The van der Waals surface area contributed by atoms with Gasteiger partial charge in [0.15, 0.2) is 5.78 Å². The molecule has 0 aliphatic carbocycles. The number of benzene rings is 2.